The number of hydrogen-bond donors (Lipinski definition) is 2. The maximum atomic E-state index is 12.0. The summed E-state index contributed by atoms with van der Waals surface area (Å²) in [6, 6.07) is 6.26. The molecule has 2 N–H and O–H groups in total. The van der Waals surface area contributed by atoms with Crippen molar-refractivity contribution >= 4 is 23.0 Å². The number of thiocarbonyl (C=S) groups is 1. The molecule has 116 valence electrons. The second-order valence-corrected chi connectivity index (χ2v) is 4.73. The lowest BCUT2D eigenvalue weighted by Gasteiger charge is -2.08. The first-order valence-corrected chi connectivity index (χ1v) is 7.07. The lowest BCUT2D eigenvalue weighted by Crippen LogP contribution is -2.33. The molecule has 0 atom stereocenters. The van der Waals surface area contributed by atoms with Gasteiger partial charge in [0.2, 0.25) is 0 Å². The molecular formula is C14H19F2N3OS. The molecule has 4 nitrogen and oxygen atoms in total. The number of nitrogens with one attached hydrogen (secondary N) is 2. The minimum Gasteiger partial charge on any atom is -0.435 e. The van der Waals surface area contributed by atoms with Crippen LogP contribution in [0.3, 0.4) is 0 Å². The van der Waals surface area contributed by atoms with Gasteiger partial charge in [0.25, 0.3) is 0 Å². The second-order valence-electron chi connectivity index (χ2n) is 4.32. The molecule has 21 heavy (non-hydrogen) atoms. The van der Waals surface area contributed by atoms with Gasteiger partial charge in [-0.05, 0) is 55.4 Å². The van der Waals surface area contributed by atoms with E-state index < -0.39 is 6.61 Å². The molecule has 0 unspecified atom stereocenters. The molecule has 0 radical (unpaired) electrons. The molecular weight excluding hydrogens is 296 g/mol. The summed E-state index contributed by atoms with van der Waals surface area (Å²) in [4.78, 5) is 0. The Morgan fingerprint density at radius 3 is 2.57 bits per heavy atom. The number of alkyl halides is 2. The van der Waals surface area contributed by atoms with Gasteiger partial charge in [-0.2, -0.15) is 13.9 Å². The van der Waals surface area contributed by atoms with E-state index in [1.165, 1.54) is 12.1 Å². The van der Waals surface area contributed by atoms with Crippen molar-refractivity contribution in [1.29, 1.82) is 0 Å². The van der Waals surface area contributed by atoms with Crippen LogP contribution in [0.4, 0.5) is 8.78 Å². The van der Waals surface area contributed by atoms with Crippen molar-refractivity contribution in [2.24, 2.45) is 5.10 Å². The van der Waals surface area contributed by atoms with Crippen molar-refractivity contribution < 1.29 is 13.5 Å². The van der Waals surface area contributed by atoms with Gasteiger partial charge < -0.3 is 10.1 Å². The van der Waals surface area contributed by atoms with Crippen molar-refractivity contribution in [2.75, 3.05) is 6.54 Å². The zero-order valence-corrected chi connectivity index (χ0v) is 12.8. The third-order valence-corrected chi connectivity index (χ3v) is 2.87. The van der Waals surface area contributed by atoms with Crippen molar-refractivity contribution in [1.82, 2.24) is 10.7 Å². The molecule has 0 aliphatic heterocycles. The molecule has 0 saturated carbocycles. The van der Waals surface area contributed by atoms with E-state index in [4.69, 9.17) is 12.2 Å². The Hall–Kier alpha value is -1.76. The van der Waals surface area contributed by atoms with Crippen LogP contribution in [0.1, 0.15) is 32.3 Å². The van der Waals surface area contributed by atoms with Crippen molar-refractivity contribution in [3.05, 3.63) is 29.8 Å². The Bertz CT molecular complexity index is 478. The van der Waals surface area contributed by atoms with Crippen LogP contribution in [0, 0.1) is 0 Å². The Morgan fingerprint density at radius 1 is 1.33 bits per heavy atom. The molecule has 1 aromatic rings. The third kappa shape index (κ3) is 6.99. The zero-order valence-electron chi connectivity index (χ0n) is 12.0. The standard InChI is InChI=1S/C14H19F2N3OS/c1-3-4-9-17-14(21)19-18-10(2)11-5-7-12(8-6-11)20-13(15)16/h5-8,13H,3-4,9H2,1-2H3,(H2,17,19,21)/b18-10-. The van der Waals surface area contributed by atoms with E-state index in [1.54, 1.807) is 19.1 Å². The second kappa shape index (κ2) is 9.23. The lowest BCUT2D eigenvalue weighted by molar-refractivity contribution is -0.0498. The van der Waals surface area contributed by atoms with Crippen molar-refractivity contribution in [3.63, 3.8) is 0 Å². The molecule has 0 aliphatic rings. The number of rotatable bonds is 7. The molecule has 0 amide bonds. The van der Waals surface area contributed by atoms with Crippen LogP contribution in [-0.2, 0) is 0 Å². The molecule has 1 rings (SSSR count). The highest BCUT2D eigenvalue weighted by Crippen LogP contribution is 2.15. The lowest BCUT2D eigenvalue weighted by atomic mass is 10.1. The summed E-state index contributed by atoms with van der Waals surface area (Å²) in [6.45, 7) is 1.88. The fourth-order valence-corrected chi connectivity index (χ4v) is 1.64. The van der Waals surface area contributed by atoms with Crippen LogP contribution in [0.2, 0.25) is 0 Å². The summed E-state index contributed by atoms with van der Waals surface area (Å²) in [5.74, 6) is 0.117. The first kappa shape index (κ1) is 17.3. The number of benzene rings is 1. The van der Waals surface area contributed by atoms with Crippen LogP contribution in [-0.4, -0.2) is 24.0 Å². The van der Waals surface area contributed by atoms with E-state index in [0.717, 1.165) is 24.9 Å². The predicted molar refractivity (Wildman–Crippen MR) is 83.9 cm³/mol. The highest BCUT2D eigenvalue weighted by molar-refractivity contribution is 7.80. The molecule has 0 saturated heterocycles. The summed E-state index contributed by atoms with van der Waals surface area (Å²) >= 11 is 5.07. The van der Waals surface area contributed by atoms with Crippen LogP contribution in [0.25, 0.3) is 0 Å². The Labute approximate surface area is 128 Å². The van der Waals surface area contributed by atoms with Crippen molar-refractivity contribution in [2.45, 2.75) is 33.3 Å². The van der Waals surface area contributed by atoms with Gasteiger partial charge in [0.05, 0.1) is 5.71 Å². The number of halogens is 2. The quantitative estimate of drug-likeness (QED) is 0.351. The maximum absolute atomic E-state index is 12.0. The smallest absolute Gasteiger partial charge is 0.387 e. The number of hydrazone groups is 1. The molecule has 0 aliphatic carbocycles. The molecule has 1 aromatic carbocycles. The zero-order chi connectivity index (χ0) is 15.7. The van der Waals surface area contributed by atoms with Gasteiger partial charge in [-0.25, -0.2) is 0 Å². The van der Waals surface area contributed by atoms with E-state index in [-0.39, 0.29) is 5.75 Å². The first-order chi connectivity index (χ1) is 10.0. The van der Waals surface area contributed by atoms with E-state index in [0.29, 0.717) is 10.8 Å². The van der Waals surface area contributed by atoms with Gasteiger partial charge >= 0.3 is 6.61 Å². The third-order valence-electron chi connectivity index (χ3n) is 2.64. The summed E-state index contributed by atoms with van der Waals surface area (Å²) in [6.07, 6.45) is 2.13. The summed E-state index contributed by atoms with van der Waals surface area (Å²) in [5.41, 5.74) is 4.23. The van der Waals surface area contributed by atoms with Gasteiger partial charge in [-0.15, -0.1) is 0 Å². The van der Waals surface area contributed by atoms with E-state index in [2.05, 4.69) is 27.5 Å². The molecule has 7 heteroatoms. The van der Waals surface area contributed by atoms with Crippen LogP contribution < -0.4 is 15.5 Å². The van der Waals surface area contributed by atoms with Gasteiger partial charge in [0, 0.05) is 6.54 Å². The molecule has 0 bridgehead atoms. The number of nitrogens with zero attached hydrogens (tertiary/aromatic N) is 1. The number of hydrogen-bond acceptors (Lipinski definition) is 3. The minimum atomic E-state index is -2.82. The SMILES string of the molecule is CCCCNC(=S)N/N=C(/C)c1ccc(OC(F)F)cc1. The van der Waals surface area contributed by atoms with Crippen LogP contribution in [0.15, 0.2) is 29.4 Å². The Balaban J connectivity index is 2.51. The van der Waals surface area contributed by atoms with E-state index >= 15 is 0 Å². The van der Waals surface area contributed by atoms with Gasteiger partial charge in [0.15, 0.2) is 5.11 Å². The number of ether oxygens (including phenoxy) is 1. The monoisotopic (exact) mass is 315 g/mol. The van der Waals surface area contributed by atoms with Gasteiger partial charge in [0.1, 0.15) is 5.75 Å². The van der Waals surface area contributed by atoms with E-state index in [1.807, 2.05) is 0 Å². The predicted octanol–water partition coefficient (Wildman–Crippen LogP) is 3.28. The Morgan fingerprint density at radius 2 is 2.00 bits per heavy atom. The van der Waals surface area contributed by atoms with Gasteiger partial charge in [-0.1, -0.05) is 13.3 Å². The topological polar surface area (TPSA) is 45.7 Å². The average Bonchev–Trinajstić information content (AvgIpc) is 2.45. The average molecular weight is 315 g/mol. The fourth-order valence-electron chi connectivity index (χ4n) is 1.49. The largest absolute Gasteiger partial charge is 0.435 e. The minimum absolute atomic E-state index is 0.117. The van der Waals surface area contributed by atoms with E-state index in [9.17, 15) is 8.78 Å². The molecule has 0 aromatic heterocycles. The summed E-state index contributed by atoms with van der Waals surface area (Å²) in [7, 11) is 0. The summed E-state index contributed by atoms with van der Waals surface area (Å²) in [5, 5.41) is 7.63. The Kier molecular flexibility index (Phi) is 7.60. The molecule has 0 spiro atoms. The number of unbranched alkanes of at least 4 members (excludes halogenated alkanes) is 1. The highest BCUT2D eigenvalue weighted by Gasteiger charge is 2.04. The molecule has 0 fully saturated rings. The molecule has 0 heterocycles. The fraction of sp³-hybridized carbons (Fsp3) is 0.429. The highest BCUT2D eigenvalue weighted by atomic mass is 32.1. The normalized spacial score (nSPS) is 11.4. The van der Waals surface area contributed by atoms with Crippen molar-refractivity contribution in [3.8, 4) is 5.75 Å². The van der Waals surface area contributed by atoms with Crippen LogP contribution >= 0.6 is 12.2 Å². The maximum Gasteiger partial charge on any atom is 0.387 e. The van der Waals surface area contributed by atoms with Gasteiger partial charge in [-0.3, -0.25) is 5.43 Å². The van der Waals surface area contributed by atoms with Crippen LogP contribution in [0.5, 0.6) is 5.75 Å². The summed E-state index contributed by atoms with van der Waals surface area (Å²) < 4.78 is 28.4. The first-order valence-electron chi connectivity index (χ1n) is 6.66.